The normalized spacial score (nSPS) is 8.55. The Bertz CT molecular complexity index is 105. The average molecular weight is 155 g/mol. The van der Waals surface area contributed by atoms with Crippen molar-refractivity contribution in [1.29, 1.82) is 0 Å². The Morgan fingerprint density at radius 1 is 1.45 bits per heavy atom. The molecule has 1 heterocycles. The third kappa shape index (κ3) is 9.17. The highest BCUT2D eigenvalue weighted by atomic mass is 15.1. The molecule has 0 atom stereocenters. The molecule has 0 radical (unpaired) electrons. The van der Waals surface area contributed by atoms with Crippen LogP contribution in [0.25, 0.3) is 0 Å². The zero-order chi connectivity index (χ0) is 8.36. The van der Waals surface area contributed by atoms with E-state index in [1.165, 1.54) is 19.3 Å². The third-order valence-electron chi connectivity index (χ3n) is 1.21. The van der Waals surface area contributed by atoms with Gasteiger partial charge in [-0.3, -0.25) is 5.10 Å². The molecular formula is C8H17N3. The van der Waals surface area contributed by atoms with Gasteiger partial charge in [-0.15, -0.1) is 0 Å². The summed E-state index contributed by atoms with van der Waals surface area (Å²) in [5.74, 6) is 0. The molecule has 0 aliphatic rings. The molecule has 1 aromatic rings. The van der Waals surface area contributed by atoms with E-state index < -0.39 is 0 Å². The van der Waals surface area contributed by atoms with Crippen molar-refractivity contribution in [2.75, 3.05) is 6.54 Å². The smallest absolute Gasteiger partial charge is 0.0487 e. The first-order chi connectivity index (χ1) is 5.41. The molecule has 0 fully saturated rings. The van der Waals surface area contributed by atoms with E-state index in [9.17, 15) is 0 Å². The van der Waals surface area contributed by atoms with Crippen molar-refractivity contribution in [2.45, 2.75) is 26.2 Å². The van der Waals surface area contributed by atoms with Gasteiger partial charge >= 0.3 is 0 Å². The summed E-state index contributed by atoms with van der Waals surface area (Å²) in [5.41, 5.74) is 5.21. The fourth-order valence-corrected chi connectivity index (χ4v) is 0.610. The Morgan fingerprint density at radius 3 is 2.45 bits per heavy atom. The van der Waals surface area contributed by atoms with Crippen molar-refractivity contribution < 1.29 is 0 Å². The second-order valence-electron chi connectivity index (χ2n) is 2.26. The van der Waals surface area contributed by atoms with Gasteiger partial charge in [0.25, 0.3) is 0 Å². The van der Waals surface area contributed by atoms with Gasteiger partial charge in [-0.25, -0.2) is 0 Å². The summed E-state index contributed by atoms with van der Waals surface area (Å²) in [6.07, 6.45) is 7.21. The van der Waals surface area contributed by atoms with E-state index in [1.54, 1.807) is 12.4 Å². The summed E-state index contributed by atoms with van der Waals surface area (Å²) < 4.78 is 0. The van der Waals surface area contributed by atoms with Crippen LogP contribution in [-0.2, 0) is 0 Å². The molecule has 0 bridgehead atoms. The fraction of sp³-hybridized carbons (Fsp3) is 0.625. The molecule has 0 aliphatic heterocycles. The zero-order valence-electron chi connectivity index (χ0n) is 7.09. The van der Waals surface area contributed by atoms with Crippen molar-refractivity contribution in [3.05, 3.63) is 18.5 Å². The van der Waals surface area contributed by atoms with Crippen LogP contribution in [0.1, 0.15) is 26.2 Å². The quantitative estimate of drug-likeness (QED) is 0.650. The van der Waals surface area contributed by atoms with E-state index in [4.69, 9.17) is 5.73 Å². The number of rotatable bonds is 3. The minimum absolute atomic E-state index is 0.855. The molecule has 0 aromatic carbocycles. The molecule has 3 heteroatoms. The summed E-state index contributed by atoms with van der Waals surface area (Å²) in [4.78, 5) is 0. The molecule has 0 amide bonds. The van der Waals surface area contributed by atoms with E-state index in [2.05, 4.69) is 17.1 Å². The number of aromatic nitrogens is 2. The van der Waals surface area contributed by atoms with Crippen LogP contribution in [0.3, 0.4) is 0 Å². The average Bonchev–Trinajstić information content (AvgIpc) is 2.57. The van der Waals surface area contributed by atoms with Crippen molar-refractivity contribution in [2.24, 2.45) is 5.73 Å². The van der Waals surface area contributed by atoms with Crippen LogP contribution in [0, 0.1) is 0 Å². The predicted octanol–water partition coefficient (Wildman–Crippen LogP) is 1.54. The lowest BCUT2D eigenvalue weighted by Crippen LogP contribution is -1.96. The summed E-state index contributed by atoms with van der Waals surface area (Å²) >= 11 is 0. The topological polar surface area (TPSA) is 54.7 Å². The van der Waals surface area contributed by atoms with Crippen LogP contribution >= 0.6 is 0 Å². The molecule has 1 aromatic heterocycles. The van der Waals surface area contributed by atoms with E-state index in [-0.39, 0.29) is 0 Å². The highest BCUT2D eigenvalue weighted by Gasteiger charge is 1.75. The molecule has 64 valence electrons. The molecule has 0 saturated carbocycles. The lowest BCUT2D eigenvalue weighted by atomic mass is 10.3. The van der Waals surface area contributed by atoms with Crippen LogP contribution in [0.2, 0.25) is 0 Å². The number of nitrogens with two attached hydrogens (primary N) is 1. The summed E-state index contributed by atoms with van der Waals surface area (Å²) in [5, 5.41) is 6.21. The lowest BCUT2D eigenvalue weighted by molar-refractivity contribution is 0.727. The molecule has 0 unspecified atom stereocenters. The van der Waals surface area contributed by atoms with E-state index >= 15 is 0 Å². The number of nitrogens with zero attached hydrogens (tertiary/aromatic N) is 1. The van der Waals surface area contributed by atoms with Gasteiger partial charge < -0.3 is 5.73 Å². The van der Waals surface area contributed by atoms with Gasteiger partial charge in [-0.2, -0.15) is 5.10 Å². The number of hydrogen-bond donors (Lipinski definition) is 2. The van der Waals surface area contributed by atoms with Gasteiger partial charge in [0.05, 0.1) is 0 Å². The van der Waals surface area contributed by atoms with Crippen LogP contribution < -0.4 is 5.73 Å². The second kappa shape index (κ2) is 9.17. The van der Waals surface area contributed by atoms with Gasteiger partial charge in [0.2, 0.25) is 0 Å². The van der Waals surface area contributed by atoms with Crippen LogP contribution in [0.5, 0.6) is 0 Å². The standard InChI is InChI=1S/C5H13N.C3H4N2/c1-2-3-4-5-6;1-2-4-5-3-1/h2-6H2,1H3;1-3H,(H,4,5). The fourth-order valence-electron chi connectivity index (χ4n) is 0.610. The molecular weight excluding hydrogens is 138 g/mol. The van der Waals surface area contributed by atoms with Crippen molar-refractivity contribution in [3.8, 4) is 0 Å². The zero-order valence-corrected chi connectivity index (χ0v) is 7.09. The number of aromatic amines is 1. The molecule has 3 N–H and O–H groups in total. The van der Waals surface area contributed by atoms with Gasteiger partial charge in [-0.1, -0.05) is 19.8 Å². The molecule has 1 rings (SSSR count). The molecule has 3 nitrogen and oxygen atoms in total. The van der Waals surface area contributed by atoms with E-state index in [0.29, 0.717) is 0 Å². The Hall–Kier alpha value is -0.830. The summed E-state index contributed by atoms with van der Waals surface area (Å²) in [7, 11) is 0. The summed E-state index contributed by atoms with van der Waals surface area (Å²) in [6, 6.07) is 1.83. The molecule has 0 spiro atoms. The predicted molar refractivity (Wildman–Crippen MR) is 47.2 cm³/mol. The van der Waals surface area contributed by atoms with Gasteiger partial charge in [0.15, 0.2) is 0 Å². The first-order valence-corrected chi connectivity index (χ1v) is 4.05. The monoisotopic (exact) mass is 155 g/mol. The SMILES string of the molecule is CCCCCN.c1cn[nH]c1. The minimum Gasteiger partial charge on any atom is -0.330 e. The van der Waals surface area contributed by atoms with Crippen LogP contribution in [0.15, 0.2) is 18.5 Å². The van der Waals surface area contributed by atoms with Crippen LogP contribution in [0.4, 0.5) is 0 Å². The third-order valence-corrected chi connectivity index (χ3v) is 1.21. The first kappa shape index (κ1) is 10.2. The highest BCUT2D eigenvalue weighted by Crippen LogP contribution is 1.88. The van der Waals surface area contributed by atoms with Crippen molar-refractivity contribution in [3.63, 3.8) is 0 Å². The highest BCUT2D eigenvalue weighted by molar-refractivity contribution is 4.72. The second-order valence-corrected chi connectivity index (χ2v) is 2.26. The minimum atomic E-state index is 0.855. The maximum absolute atomic E-state index is 5.21. The number of unbranched alkanes of at least 4 members (excludes halogenated alkanes) is 2. The lowest BCUT2D eigenvalue weighted by Gasteiger charge is -1.86. The first-order valence-electron chi connectivity index (χ1n) is 4.05. The number of nitrogens with one attached hydrogen (secondary N) is 1. The number of H-pyrrole nitrogens is 1. The number of hydrogen-bond acceptors (Lipinski definition) is 2. The maximum Gasteiger partial charge on any atom is 0.0487 e. The Balaban J connectivity index is 0.000000183. The van der Waals surface area contributed by atoms with Gasteiger partial charge in [0.1, 0.15) is 0 Å². The molecule has 11 heavy (non-hydrogen) atoms. The van der Waals surface area contributed by atoms with Crippen molar-refractivity contribution >= 4 is 0 Å². The van der Waals surface area contributed by atoms with Gasteiger partial charge in [0, 0.05) is 12.4 Å². The summed E-state index contributed by atoms with van der Waals surface area (Å²) in [6.45, 7) is 3.03. The van der Waals surface area contributed by atoms with E-state index in [0.717, 1.165) is 6.54 Å². The largest absolute Gasteiger partial charge is 0.330 e. The Morgan fingerprint density at radius 2 is 2.27 bits per heavy atom. The maximum atomic E-state index is 5.21. The van der Waals surface area contributed by atoms with Gasteiger partial charge in [-0.05, 0) is 19.0 Å². The molecule has 0 saturated heterocycles. The van der Waals surface area contributed by atoms with E-state index in [1.807, 2.05) is 6.07 Å². The Kier molecular flexibility index (Phi) is 8.48. The van der Waals surface area contributed by atoms with Crippen molar-refractivity contribution in [1.82, 2.24) is 10.2 Å². The Labute approximate surface area is 68.0 Å². The molecule has 0 aliphatic carbocycles. The van der Waals surface area contributed by atoms with Crippen LogP contribution in [-0.4, -0.2) is 16.7 Å².